The first-order valence-corrected chi connectivity index (χ1v) is 5.30. The zero-order valence-corrected chi connectivity index (χ0v) is 9.43. The van der Waals surface area contributed by atoms with Crippen LogP contribution >= 0.6 is 23.4 Å². The van der Waals surface area contributed by atoms with Crippen LogP contribution in [0.5, 0.6) is 0 Å². The normalized spacial score (nSPS) is 11.8. The molecular weight excluding hydrogens is 247 g/mol. The van der Waals surface area contributed by atoms with Gasteiger partial charge < -0.3 is 5.32 Å². The molecule has 0 radical (unpaired) electrons. The van der Waals surface area contributed by atoms with Crippen molar-refractivity contribution in [3.05, 3.63) is 28.8 Å². The maximum atomic E-state index is 12.1. The van der Waals surface area contributed by atoms with Crippen molar-refractivity contribution in [2.24, 2.45) is 0 Å². The number of nitrogens with one attached hydrogen (secondary N) is 1. The van der Waals surface area contributed by atoms with E-state index in [1.54, 1.807) is 13.1 Å². The Morgan fingerprint density at radius 1 is 1.33 bits per heavy atom. The molecule has 15 heavy (non-hydrogen) atoms. The van der Waals surface area contributed by atoms with E-state index in [1.807, 2.05) is 0 Å². The molecule has 0 saturated carbocycles. The predicted molar refractivity (Wildman–Crippen MR) is 56.1 cm³/mol. The van der Waals surface area contributed by atoms with Crippen molar-refractivity contribution in [3.8, 4) is 0 Å². The third-order valence-corrected chi connectivity index (χ3v) is 2.47. The molecule has 0 amide bonds. The lowest BCUT2D eigenvalue weighted by molar-refractivity contribution is -0.0328. The van der Waals surface area contributed by atoms with Crippen LogP contribution in [0.2, 0.25) is 5.02 Å². The summed E-state index contributed by atoms with van der Waals surface area (Å²) in [6, 6.07) is 4.41. The van der Waals surface area contributed by atoms with Crippen molar-refractivity contribution in [2.45, 2.75) is 16.9 Å². The molecule has 1 N–H and O–H groups in total. The molecular formula is C9H9ClF3NS. The van der Waals surface area contributed by atoms with Crippen LogP contribution in [0.15, 0.2) is 23.1 Å². The molecule has 1 nitrogen and oxygen atoms in total. The highest BCUT2D eigenvalue weighted by Crippen LogP contribution is 2.38. The van der Waals surface area contributed by atoms with Gasteiger partial charge in [-0.25, -0.2) is 0 Å². The van der Waals surface area contributed by atoms with Gasteiger partial charge in [-0.1, -0.05) is 11.6 Å². The van der Waals surface area contributed by atoms with E-state index in [0.717, 1.165) is 5.56 Å². The Balaban J connectivity index is 2.88. The van der Waals surface area contributed by atoms with Crippen LogP contribution in [0, 0.1) is 0 Å². The van der Waals surface area contributed by atoms with E-state index in [1.165, 1.54) is 12.1 Å². The Morgan fingerprint density at radius 3 is 2.53 bits per heavy atom. The molecule has 0 saturated heterocycles. The number of halogens is 4. The first-order chi connectivity index (χ1) is 6.90. The zero-order valence-electron chi connectivity index (χ0n) is 7.86. The summed E-state index contributed by atoms with van der Waals surface area (Å²) in [5, 5.41) is 3.17. The van der Waals surface area contributed by atoms with Gasteiger partial charge in [-0.15, -0.1) is 0 Å². The lowest BCUT2D eigenvalue weighted by atomic mass is 10.2. The molecule has 1 aromatic carbocycles. The number of hydrogen-bond acceptors (Lipinski definition) is 2. The first-order valence-electron chi connectivity index (χ1n) is 4.10. The fraction of sp³-hybridized carbons (Fsp3) is 0.333. The molecule has 0 heterocycles. The highest BCUT2D eigenvalue weighted by molar-refractivity contribution is 8.00. The van der Waals surface area contributed by atoms with E-state index in [-0.39, 0.29) is 16.7 Å². The Labute approximate surface area is 95.0 Å². The molecule has 0 unspecified atom stereocenters. The number of hydrogen-bond donors (Lipinski definition) is 1. The molecule has 84 valence electrons. The molecule has 1 aromatic rings. The van der Waals surface area contributed by atoms with Crippen LogP contribution in [0.1, 0.15) is 5.56 Å². The molecule has 1 rings (SSSR count). The summed E-state index contributed by atoms with van der Waals surface area (Å²) in [7, 11) is 1.72. The Bertz CT molecular complexity index is 341. The largest absolute Gasteiger partial charge is 0.446 e. The highest BCUT2D eigenvalue weighted by Gasteiger charge is 2.29. The average molecular weight is 256 g/mol. The SMILES string of the molecule is CNCc1cc(Cl)cc(SC(F)(F)F)c1. The van der Waals surface area contributed by atoms with Gasteiger partial charge in [0.1, 0.15) is 0 Å². The second-order valence-corrected chi connectivity index (χ2v) is 4.45. The summed E-state index contributed by atoms with van der Waals surface area (Å²) in [5.74, 6) is 0. The van der Waals surface area contributed by atoms with Gasteiger partial charge in [0.05, 0.1) is 0 Å². The van der Waals surface area contributed by atoms with Crippen molar-refractivity contribution in [2.75, 3.05) is 7.05 Å². The van der Waals surface area contributed by atoms with Crippen LogP contribution in [-0.4, -0.2) is 12.6 Å². The number of benzene rings is 1. The standard InChI is InChI=1S/C9H9ClF3NS/c1-14-5-6-2-7(10)4-8(3-6)15-9(11,12)13/h2-4,14H,5H2,1H3. The average Bonchev–Trinajstić information content (AvgIpc) is 1.99. The minimum Gasteiger partial charge on any atom is -0.316 e. The van der Waals surface area contributed by atoms with Crippen molar-refractivity contribution in [3.63, 3.8) is 0 Å². The number of rotatable bonds is 3. The van der Waals surface area contributed by atoms with Crippen molar-refractivity contribution in [1.82, 2.24) is 5.32 Å². The monoisotopic (exact) mass is 255 g/mol. The summed E-state index contributed by atoms with van der Waals surface area (Å²) in [6.45, 7) is 0.492. The Kier molecular flexibility index (Phi) is 4.31. The minimum absolute atomic E-state index is 0.111. The molecule has 0 aliphatic rings. The Morgan fingerprint density at radius 2 is 2.00 bits per heavy atom. The molecule has 0 aromatic heterocycles. The first kappa shape index (κ1) is 12.7. The highest BCUT2D eigenvalue weighted by atomic mass is 35.5. The summed E-state index contributed by atoms with van der Waals surface area (Å²) in [6.07, 6.45) is 0. The fourth-order valence-corrected chi connectivity index (χ4v) is 2.11. The van der Waals surface area contributed by atoms with Gasteiger partial charge in [0.25, 0.3) is 0 Å². The van der Waals surface area contributed by atoms with Gasteiger partial charge in [-0.3, -0.25) is 0 Å². The second kappa shape index (κ2) is 5.09. The van der Waals surface area contributed by atoms with Crippen LogP contribution in [-0.2, 0) is 6.54 Å². The fourth-order valence-electron chi connectivity index (χ4n) is 1.12. The summed E-state index contributed by atoms with van der Waals surface area (Å²) >= 11 is 5.55. The molecule has 0 spiro atoms. The maximum absolute atomic E-state index is 12.1. The van der Waals surface area contributed by atoms with Gasteiger partial charge in [-0.2, -0.15) is 13.2 Å². The van der Waals surface area contributed by atoms with Crippen LogP contribution < -0.4 is 5.32 Å². The van der Waals surface area contributed by atoms with E-state index in [4.69, 9.17) is 11.6 Å². The number of thioether (sulfide) groups is 1. The predicted octanol–water partition coefficient (Wildman–Crippen LogP) is 3.67. The van der Waals surface area contributed by atoms with Crippen molar-refractivity contribution < 1.29 is 13.2 Å². The third-order valence-electron chi connectivity index (χ3n) is 1.55. The third kappa shape index (κ3) is 4.77. The van der Waals surface area contributed by atoms with E-state index in [0.29, 0.717) is 11.6 Å². The minimum atomic E-state index is -4.28. The second-order valence-electron chi connectivity index (χ2n) is 2.87. The van der Waals surface area contributed by atoms with Gasteiger partial charge in [0.2, 0.25) is 0 Å². The quantitative estimate of drug-likeness (QED) is 0.827. The van der Waals surface area contributed by atoms with Crippen LogP contribution in [0.25, 0.3) is 0 Å². The van der Waals surface area contributed by atoms with Gasteiger partial charge >= 0.3 is 5.51 Å². The number of alkyl halides is 3. The topological polar surface area (TPSA) is 12.0 Å². The van der Waals surface area contributed by atoms with E-state index >= 15 is 0 Å². The van der Waals surface area contributed by atoms with Crippen LogP contribution in [0.3, 0.4) is 0 Å². The van der Waals surface area contributed by atoms with Crippen LogP contribution in [0.4, 0.5) is 13.2 Å². The molecule has 0 aliphatic carbocycles. The molecule has 0 aliphatic heterocycles. The molecule has 0 bridgehead atoms. The summed E-state index contributed by atoms with van der Waals surface area (Å²) < 4.78 is 36.3. The van der Waals surface area contributed by atoms with E-state index in [2.05, 4.69) is 5.32 Å². The lowest BCUT2D eigenvalue weighted by Crippen LogP contribution is -2.05. The lowest BCUT2D eigenvalue weighted by Gasteiger charge is -2.08. The van der Waals surface area contributed by atoms with Crippen molar-refractivity contribution >= 4 is 23.4 Å². The van der Waals surface area contributed by atoms with Gasteiger partial charge in [-0.05, 0) is 42.6 Å². The van der Waals surface area contributed by atoms with E-state index in [9.17, 15) is 13.2 Å². The Hall–Kier alpha value is -0.390. The molecule has 0 fully saturated rings. The summed E-state index contributed by atoms with van der Waals surface area (Å²) in [5.41, 5.74) is -3.54. The van der Waals surface area contributed by atoms with Crippen molar-refractivity contribution in [1.29, 1.82) is 0 Å². The van der Waals surface area contributed by atoms with E-state index < -0.39 is 5.51 Å². The maximum Gasteiger partial charge on any atom is 0.446 e. The zero-order chi connectivity index (χ0) is 11.5. The molecule has 0 atom stereocenters. The summed E-state index contributed by atoms with van der Waals surface area (Å²) in [4.78, 5) is 0.111. The van der Waals surface area contributed by atoms with Gasteiger partial charge in [0.15, 0.2) is 0 Å². The molecule has 6 heteroatoms. The van der Waals surface area contributed by atoms with Gasteiger partial charge in [0, 0.05) is 16.5 Å². The smallest absolute Gasteiger partial charge is 0.316 e.